The summed E-state index contributed by atoms with van der Waals surface area (Å²) in [5, 5.41) is 4.22. The minimum absolute atomic E-state index is 0.231. The van der Waals surface area contributed by atoms with E-state index in [1.165, 1.54) is 7.11 Å². The zero-order valence-electron chi connectivity index (χ0n) is 11.2. The number of amides is 1. The number of aryl methyl sites for hydroxylation is 1. The molecule has 2 aliphatic rings. The third-order valence-corrected chi connectivity index (χ3v) is 3.86. The molecule has 0 bridgehead atoms. The van der Waals surface area contributed by atoms with Gasteiger partial charge < -0.3 is 9.64 Å². The van der Waals surface area contributed by atoms with Crippen molar-refractivity contribution in [1.29, 1.82) is 0 Å². The van der Waals surface area contributed by atoms with Crippen molar-refractivity contribution in [2.24, 2.45) is 13.0 Å². The van der Waals surface area contributed by atoms with Gasteiger partial charge in [-0.2, -0.15) is 5.10 Å². The van der Waals surface area contributed by atoms with Gasteiger partial charge in [-0.3, -0.25) is 9.48 Å². The number of nitrogens with zero attached hydrogens (tertiary/aromatic N) is 3. The van der Waals surface area contributed by atoms with E-state index in [4.69, 9.17) is 4.74 Å². The number of hydrogen-bond acceptors (Lipinski definition) is 4. The van der Waals surface area contributed by atoms with Gasteiger partial charge in [0.05, 0.1) is 19.3 Å². The number of carbonyl (C=O) groups is 2. The number of methoxy groups -OCH3 is 1. The lowest BCUT2D eigenvalue weighted by atomic mass is 10.0. The van der Waals surface area contributed by atoms with Crippen LogP contribution in [0.2, 0.25) is 0 Å². The van der Waals surface area contributed by atoms with Crippen molar-refractivity contribution >= 4 is 11.9 Å². The number of fused-ring (bicyclic) bond motifs is 1. The van der Waals surface area contributed by atoms with Crippen LogP contribution >= 0.6 is 0 Å². The number of hydrogen-bond donors (Lipinski definition) is 0. The van der Waals surface area contributed by atoms with Gasteiger partial charge in [0.25, 0.3) is 0 Å². The van der Waals surface area contributed by atoms with Gasteiger partial charge >= 0.3 is 5.97 Å². The lowest BCUT2D eigenvalue weighted by Crippen LogP contribution is -2.37. The van der Waals surface area contributed by atoms with E-state index in [9.17, 15) is 9.59 Å². The summed E-state index contributed by atoms with van der Waals surface area (Å²) in [4.78, 5) is 25.6. The lowest BCUT2D eigenvalue weighted by molar-refractivity contribution is -0.133. The molecule has 0 spiro atoms. The largest absolute Gasteiger partial charge is 0.464 e. The maximum atomic E-state index is 12.1. The average Bonchev–Trinajstić information content (AvgIpc) is 3.22. The number of ether oxygens (including phenoxy) is 1. The van der Waals surface area contributed by atoms with E-state index in [2.05, 4.69) is 5.10 Å². The Morgan fingerprint density at radius 1 is 1.37 bits per heavy atom. The van der Waals surface area contributed by atoms with Gasteiger partial charge in [-0.25, -0.2) is 4.79 Å². The maximum absolute atomic E-state index is 12.1. The second-order valence-corrected chi connectivity index (χ2v) is 5.17. The van der Waals surface area contributed by atoms with Crippen molar-refractivity contribution < 1.29 is 14.3 Å². The predicted octanol–water partition coefficient (Wildman–Crippen LogP) is 0.501. The Morgan fingerprint density at radius 2 is 2.11 bits per heavy atom. The van der Waals surface area contributed by atoms with Gasteiger partial charge in [0.2, 0.25) is 5.91 Å². The lowest BCUT2D eigenvalue weighted by Gasteiger charge is -2.27. The minimum Gasteiger partial charge on any atom is -0.464 e. The van der Waals surface area contributed by atoms with Gasteiger partial charge in [0.15, 0.2) is 5.69 Å². The topological polar surface area (TPSA) is 64.4 Å². The summed E-state index contributed by atoms with van der Waals surface area (Å²) in [6.07, 6.45) is 2.70. The van der Waals surface area contributed by atoms with Crippen LogP contribution in [0.3, 0.4) is 0 Å². The fraction of sp³-hybridized carbons (Fsp3) is 0.615. The van der Waals surface area contributed by atoms with Crippen LogP contribution in [0, 0.1) is 5.92 Å². The Labute approximate surface area is 111 Å². The molecular weight excluding hydrogens is 246 g/mol. The molecule has 3 rings (SSSR count). The van der Waals surface area contributed by atoms with E-state index >= 15 is 0 Å². The molecule has 2 heterocycles. The van der Waals surface area contributed by atoms with Gasteiger partial charge in [-0.1, -0.05) is 0 Å². The first-order valence-corrected chi connectivity index (χ1v) is 6.53. The van der Waals surface area contributed by atoms with E-state index in [1.807, 2.05) is 4.90 Å². The maximum Gasteiger partial charge on any atom is 0.358 e. The van der Waals surface area contributed by atoms with Crippen molar-refractivity contribution in [2.75, 3.05) is 13.7 Å². The minimum atomic E-state index is -0.404. The smallest absolute Gasteiger partial charge is 0.358 e. The zero-order chi connectivity index (χ0) is 13.6. The molecule has 0 aromatic carbocycles. The zero-order valence-corrected chi connectivity index (χ0v) is 11.2. The number of esters is 1. The van der Waals surface area contributed by atoms with Crippen molar-refractivity contribution in [3.05, 3.63) is 17.0 Å². The van der Waals surface area contributed by atoms with Crippen molar-refractivity contribution in [1.82, 2.24) is 14.7 Å². The Balaban J connectivity index is 1.87. The molecule has 0 N–H and O–H groups in total. The molecule has 0 saturated heterocycles. The molecule has 1 saturated carbocycles. The summed E-state index contributed by atoms with van der Waals surface area (Å²) < 4.78 is 6.43. The Hall–Kier alpha value is -1.85. The summed E-state index contributed by atoms with van der Waals surface area (Å²) in [7, 11) is 3.16. The second kappa shape index (κ2) is 4.36. The van der Waals surface area contributed by atoms with Crippen LogP contribution in [-0.4, -0.2) is 40.2 Å². The Kier molecular flexibility index (Phi) is 2.80. The molecule has 0 radical (unpaired) electrons. The summed E-state index contributed by atoms with van der Waals surface area (Å²) in [5.41, 5.74) is 2.26. The first kappa shape index (κ1) is 12.2. The molecule has 1 amide bonds. The highest BCUT2D eigenvalue weighted by Gasteiger charge is 2.36. The average molecular weight is 263 g/mol. The molecule has 1 fully saturated rings. The van der Waals surface area contributed by atoms with Crippen LogP contribution in [0.5, 0.6) is 0 Å². The molecule has 0 atom stereocenters. The molecule has 1 aromatic heterocycles. The molecule has 6 heteroatoms. The molecule has 102 valence electrons. The standard InChI is InChI=1S/C13H17N3O3/c1-15-10-7-16(12(17)8-3-4-8)6-5-9(10)11(14-15)13(18)19-2/h8H,3-7H2,1-2H3. The monoisotopic (exact) mass is 263 g/mol. The molecule has 6 nitrogen and oxygen atoms in total. The Morgan fingerprint density at radius 3 is 2.74 bits per heavy atom. The molecule has 1 aromatic rings. The van der Waals surface area contributed by atoms with Crippen molar-refractivity contribution in [3.63, 3.8) is 0 Å². The SMILES string of the molecule is COC(=O)c1nn(C)c2c1CCN(C(=O)C1CC1)C2. The van der Waals surface area contributed by atoms with E-state index in [-0.39, 0.29) is 11.8 Å². The summed E-state index contributed by atoms with van der Waals surface area (Å²) in [5.74, 6) is 0.0696. The predicted molar refractivity (Wildman–Crippen MR) is 66.4 cm³/mol. The fourth-order valence-electron chi connectivity index (χ4n) is 2.61. The molecule has 19 heavy (non-hydrogen) atoms. The van der Waals surface area contributed by atoms with Gasteiger partial charge in [-0.15, -0.1) is 0 Å². The van der Waals surface area contributed by atoms with Crippen LogP contribution in [0.25, 0.3) is 0 Å². The highest BCUT2D eigenvalue weighted by molar-refractivity contribution is 5.89. The fourth-order valence-corrected chi connectivity index (χ4v) is 2.61. The van der Waals surface area contributed by atoms with Crippen LogP contribution in [0.4, 0.5) is 0 Å². The first-order chi connectivity index (χ1) is 9.11. The van der Waals surface area contributed by atoms with Crippen LogP contribution in [0.15, 0.2) is 0 Å². The van der Waals surface area contributed by atoms with Crippen molar-refractivity contribution in [3.8, 4) is 0 Å². The third kappa shape index (κ3) is 2.01. The number of rotatable bonds is 2. The molecule has 1 aliphatic heterocycles. The molecule has 0 unspecified atom stereocenters. The third-order valence-electron chi connectivity index (χ3n) is 3.86. The summed E-state index contributed by atoms with van der Waals surface area (Å²) in [6.45, 7) is 1.21. The van der Waals surface area contributed by atoms with E-state index < -0.39 is 5.97 Å². The normalized spacial score (nSPS) is 18.1. The quantitative estimate of drug-likeness (QED) is 0.729. The van der Waals surface area contributed by atoms with Gasteiger partial charge in [0, 0.05) is 25.1 Å². The highest BCUT2D eigenvalue weighted by Crippen LogP contribution is 2.33. The van der Waals surface area contributed by atoms with Crippen LogP contribution in [-0.2, 0) is 29.5 Å². The molecule has 1 aliphatic carbocycles. The van der Waals surface area contributed by atoms with E-state index in [0.717, 1.165) is 24.1 Å². The summed E-state index contributed by atoms with van der Waals surface area (Å²) >= 11 is 0. The van der Waals surface area contributed by atoms with Crippen LogP contribution in [0.1, 0.15) is 34.6 Å². The first-order valence-electron chi connectivity index (χ1n) is 6.53. The number of aromatic nitrogens is 2. The van der Waals surface area contributed by atoms with Gasteiger partial charge in [0.1, 0.15) is 0 Å². The Bertz CT molecular complexity index is 546. The number of carbonyl (C=O) groups excluding carboxylic acids is 2. The van der Waals surface area contributed by atoms with E-state index in [1.54, 1.807) is 11.7 Å². The summed E-state index contributed by atoms with van der Waals surface area (Å²) in [6, 6.07) is 0. The molecular formula is C13H17N3O3. The highest BCUT2D eigenvalue weighted by atomic mass is 16.5. The second-order valence-electron chi connectivity index (χ2n) is 5.17. The van der Waals surface area contributed by atoms with E-state index in [0.29, 0.717) is 25.2 Å². The van der Waals surface area contributed by atoms with Crippen LogP contribution < -0.4 is 0 Å². The van der Waals surface area contributed by atoms with Gasteiger partial charge in [-0.05, 0) is 19.3 Å². The van der Waals surface area contributed by atoms with Crippen molar-refractivity contribution in [2.45, 2.75) is 25.8 Å².